The number of aromatic nitrogens is 1. The number of ether oxygens (including phenoxy) is 3. The summed E-state index contributed by atoms with van der Waals surface area (Å²) in [5, 5.41) is 0. The molecule has 8 heteroatoms. The van der Waals surface area contributed by atoms with Gasteiger partial charge in [-0.25, -0.2) is 9.78 Å². The van der Waals surface area contributed by atoms with Crippen LogP contribution < -0.4 is 4.74 Å². The van der Waals surface area contributed by atoms with Crippen LogP contribution in [-0.2, 0) is 9.47 Å². The lowest BCUT2D eigenvalue weighted by Gasteiger charge is -2.34. The summed E-state index contributed by atoms with van der Waals surface area (Å²) >= 11 is 0. The van der Waals surface area contributed by atoms with E-state index in [1.807, 2.05) is 20.8 Å². The second-order valence-electron chi connectivity index (χ2n) is 7.17. The van der Waals surface area contributed by atoms with Crippen LogP contribution in [-0.4, -0.2) is 78.4 Å². The highest BCUT2D eigenvalue weighted by molar-refractivity contribution is 5.94. The summed E-state index contributed by atoms with van der Waals surface area (Å²) in [7, 11) is 0. The van der Waals surface area contributed by atoms with Crippen molar-refractivity contribution >= 4 is 12.0 Å². The number of carbonyl (C=O) groups excluding carboxylic acids is 2. The molecule has 0 spiro atoms. The third-order valence-electron chi connectivity index (χ3n) is 3.94. The molecule has 0 aliphatic carbocycles. The van der Waals surface area contributed by atoms with Gasteiger partial charge in [-0.05, 0) is 33.8 Å². The molecule has 0 N–H and O–H groups in total. The first kappa shape index (κ1) is 21.0. The molecule has 1 aliphatic rings. The quantitative estimate of drug-likeness (QED) is 0.705. The van der Waals surface area contributed by atoms with Crippen LogP contribution in [0.15, 0.2) is 18.3 Å². The molecule has 0 aromatic carbocycles. The van der Waals surface area contributed by atoms with Gasteiger partial charge in [0.05, 0.1) is 24.4 Å². The normalized spacial score (nSPS) is 14.8. The first-order chi connectivity index (χ1) is 12.8. The molecule has 0 bridgehead atoms. The first-order valence-electron chi connectivity index (χ1n) is 9.24. The Balaban J connectivity index is 1.79. The van der Waals surface area contributed by atoms with Crippen LogP contribution in [0.5, 0.6) is 5.88 Å². The summed E-state index contributed by atoms with van der Waals surface area (Å²) in [5.74, 6) is 0.352. The molecule has 0 unspecified atom stereocenters. The molecule has 1 aromatic rings. The van der Waals surface area contributed by atoms with E-state index in [0.29, 0.717) is 57.4 Å². The average Bonchev–Trinajstić information content (AvgIpc) is 2.65. The van der Waals surface area contributed by atoms with E-state index >= 15 is 0 Å². The van der Waals surface area contributed by atoms with Crippen molar-refractivity contribution in [2.75, 3.05) is 46.0 Å². The number of nitrogens with zero attached hydrogens (tertiary/aromatic N) is 3. The van der Waals surface area contributed by atoms with E-state index in [2.05, 4.69) is 4.98 Å². The van der Waals surface area contributed by atoms with E-state index in [4.69, 9.17) is 14.2 Å². The molecule has 27 heavy (non-hydrogen) atoms. The van der Waals surface area contributed by atoms with Gasteiger partial charge in [0.15, 0.2) is 0 Å². The monoisotopic (exact) mass is 379 g/mol. The van der Waals surface area contributed by atoms with Crippen LogP contribution in [0, 0.1) is 0 Å². The zero-order valence-electron chi connectivity index (χ0n) is 16.6. The maximum Gasteiger partial charge on any atom is 0.409 e. The van der Waals surface area contributed by atoms with Crippen molar-refractivity contribution in [1.82, 2.24) is 14.8 Å². The van der Waals surface area contributed by atoms with Crippen molar-refractivity contribution in [3.8, 4) is 5.88 Å². The predicted octanol–water partition coefficient (Wildman–Crippen LogP) is 2.19. The zero-order chi connectivity index (χ0) is 19.9. The standard InChI is InChI=1S/C19H29N3O5/c1-5-25-18(24)22-10-8-21(9-11-22)17(23)15-6-7-16(20-14-15)26-12-13-27-19(2,3)4/h6-7,14H,5,8-13H2,1-4H3. The van der Waals surface area contributed by atoms with Crippen LogP contribution in [0.25, 0.3) is 0 Å². The minimum atomic E-state index is -0.330. The van der Waals surface area contributed by atoms with Gasteiger partial charge < -0.3 is 24.0 Å². The number of amides is 2. The molecule has 0 radical (unpaired) electrons. The second kappa shape index (κ2) is 9.55. The molecule has 8 nitrogen and oxygen atoms in total. The van der Waals surface area contributed by atoms with Crippen LogP contribution in [0.3, 0.4) is 0 Å². The Kier molecular flexibility index (Phi) is 7.41. The van der Waals surface area contributed by atoms with Crippen LogP contribution in [0.4, 0.5) is 4.79 Å². The summed E-state index contributed by atoms with van der Waals surface area (Å²) in [6.45, 7) is 10.8. The van der Waals surface area contributed by atoms with Crippen molar-refractivity contribution < 1.29 is 23.8 Å². The second-order valence-corrected chi connectivity index (χ2v) is 7.17. The maximum atomic E-state index is 12.6. The lowest BCUT2D eigenvalue weighted by molar-refractivity contribution is -0.0168. The van der Waals surface area contributed by atoms with Gasteiger partial charge in [-0.3, -0.25) is 4.79 Å². The van der Waals surface area contributed by atoms with Crippen LogP contribution >= 0.6 is 0 Å². The predicted molar refractivity (Wildman–Crippen MR) is 99.9 cm³/mol. The molecule has 1 fully saturated rings. The highest BCUT2D eigenvalue weighted by Gasteiger charge is 2.25. The van der Waals surface area contributed by atoms with Crippen molar-refractivity contribution in [2.45, 2.75) is 33.3 Å². The molecule has 0 atom stereocenters. The number of rotatable bonds is 6. The number of pyridine rings is 1. The van der Waals surface area contributed by atoms with Gasteiger partial charge in [0.1, 0.15) is 6.61 Å². The minimum absolute atomic E-state index is 0.103. The fraction of sp³-hybridized carbons (Fsp3) is 0.632. The van der Waals surface area contributed by atoms with Gasteiger partial charge in [0, 0.05) is 38.4 Å². The fourth-order valence-electron chi connectivity index (χ4n) is 2.58. The molecule has 150 valence electrons. The Labute approximate surface area is 160 Å². The lowest BCUT2D eigenvalue weighted by atomic mass is 10.2. The van der Waals surface area contributed by atoms with Crippen molar-refractivity contribution in [3.63, 3.8) is 0 Å². The highest BCUT2D eigenvalue weighted by Crippen LogP contribution is 2.13. The summed E-state index contributed by atoms with van der Waals surface area (Å²) < 4.78 is 16.1. The van der Waals surface area contributed by atoms with Gasteiger partial charge in [-0.2, -0.15) is 0 Å². The average molecular weight is 379 g/mol. The SMILES string of the molecule is CCOC(=O)N1CCN(C(=O)c2ccc(OCCOC(C)(C)C)nc2)CC1. The Morgan fingerprint density at radius 3 is 2.30 bits per heavy atom. The van der Waals surface area contributed by atoms with Crippen molar-refractivity contribution in [2.24, 2.45) is 0 Å². The Hall–Kier alpha value is -2.35. The lowest BCUT2D eigenvalue weighted by Crippen LogP contribution is -2.50. The van der Waals surface area contributed by atoms with Gasteiger partial charge in [0.2, 0.25) is 5.88 Å². The van der Waals surface area contributed by atoms with E-state index in [1.165, 1.54) is 6.20 Å². The third-order valence-corrected chi connectivity index (χ3v) is 3.94. The number of hydrogen-bond acceptors (Lipinski definition) is 6. The Morgan fingerprint density at radius 2 is 1.74 bits per heavy atom. The van der Waals surface area contributed by atoms with Crippen molar-refractivity contribution in [3.05, 3.63) is 23.9 Å². The number of carbonyl (C=O) groups is 2. The van der Waals surface area contributed by atoms with E-state index in [-0.39, 0.29) is 17.6 Å². The van der Waals surface area contributed by atoms with E-state index in [1.54, 1.807) is 28.9 Å². The summed E-state index contributed by atoms with van der Waals surface area (Å²) in [6, 6.07) is 3.38. The van der Waals surface area contributed by atoms with Gasteiger partial charge in [0.25, 0.3) is 5.91 Å². The topological polar surface area (TPSA) is 81.2 Å². The molecule has 2 amide bonds. The highest BCUT2D eigenvalue weighted by atomic mass is 16.6. The van der Waals surface area contributed by atoms with E-state index in [0.717, 1.165) is 0 Å². The fourth-order valence-corrected chi connectivity index (χ4v) is 2.58. The summed E-state index contributed by atoms with van der Waals surface area (Å²) in [5.41, 5.74) is 0.294. The zero-order valence-corrected chi connectivity index (χ0v) is 16.6. The first-order valence-corrected chi connectivity index (χ1v) is 9.24. The molecular formula is C19H29N3O5. The largest absolute Gasteiger partial charge is 0.475 e. The van der Waals surface area contributed by atoms with Gasteiger partial charge in [-0.15, -0.1) is 0 Å². The van der Waals surface area contributed by atoms with Gasteiger partial charge >= 0.3 is 6.09 Å². The number of piperazine rings is 1. The molecule has 1 saturated heterocycles. The molecule has 2 rings (SSSR count). The molecule has 2 heterocycles. The maximum absolute atomic E-state index is 12.6. The summed E-state index contributed by atoms with van der Waals surface area (Å²) in [4.78, 5) is 31.8. The summed E-state index contributed by atoms with van der Waals surface area (Å²) in [6.07, 6.45) is 1.18. The van der Waals surface area contributed by atoms with Gasteiger partial charge in [-0.1, -0.05) is 0 Å². The molecule has 1 aliphatic heterocycles. The molecule has 1 aromatic heterocycles. The van der Waals surface area contributed by atoms with Crippen LogP contribution in [0.1, 0.15) is 38.1 Å². The Bertz CT molecular complexity index is 619. The van der Waals surface area contributed by atoms with Crippen LogP contribution in [0.2, 0.25) is 0 Å². The molecule has 0 saturated carbocycles. The number of hydrogen-bond donors (Lipinski definition) is 0. The smallest absolute Gasteiger partial charge is 0.409 e. The Morgan fingerprint density at radius 1 is 1.07 bits per heavy atom. The van der Waals surface area contributed by atoms with E-state index in [9.17, 15) is 9.59 Å². The molecular weight excluding hydrogens is 350 g/mol. The van der Waals surface area contributed by atoms with E-state index < -0.39 is 0 Å². The minimum Gasteiger partial charge on any atom is -0.475 e. The third kappa shape index (κ3) is 6.71. The van der Waals surface area contributed by atoms with Crippen molar-refractivity contribution in [1.29, 1.82) is 0 Å².